The Morgan fingerprint density at radius 3 is 2.53 bits per heavy atom. The summed E-state index contributed by atoms with van der Waals surface area (Å²) in [4.78, 5) is 3.96. The van der Waals surface area contributed by atoms with E-state index in [0.717, 1.165) is 11.1 Å². The van der Waals surface area contributed by atoms with Gasteiger partial charge in [-0.25, -0.2) is 0 Å². The molecule has 0 saturated heterocycles. The lowest BCUT2D eigenvalue weighted by atomic mass is 10.1. The molecule has 0 fully saturated rings. The molecule has 1 N–H and O–H groups in total. The van der Waals surface area contributed by atoms with Gasteiger partial charge in [0.1, 0.15) is 17.7 Å². The van der Waals surface area contributed by atoms with E-state index in [2.05, 4.69) is 4.98 Å². The summed E-state index contributed by atoms with van der Waals surface area (Å²) in [6.45, 7) is 3.61. The van der Waals surface area contributed by atoms with Gasteiger partial charge in [0.05, 0.1) is 6.61 Å². The Morgan fingerprint density at radius 1 is 1.35 bits per heavy atom. The summed E-state index contributed by atoms with van der Waals surface area (Å²) in [5, 5.41) is 9.53. The molecule has 90 valence electrons. The van der Waals surface area contributed by atoms with Crippen LogP contribution in [0.15, 0.2) is 22.8 Å². The van der Waals surface area contributed by atoms with Crippen LogP contribution in [0.5, 0.6) is 11.8 Å². The molecule has 5 heteroatoms. The number of aliphatic hydroxyl groups is 1. The third-order valence-electron chi connectivity index (χ3n) is 2.31. The number of benzene rings is 1. The summed E-state index contributed by atoms with van der Waals surface area (Å²) in [5.41, 5.74) is 2.24. The van der Waals surface area contributed by atoms with Gasteiger partial charge in [-0.2, -0.15) is 4.98 Å². The van der Waals surface area contributed by atoms with Gasteiger partial charge >= 0.3 is 6.08 Å². The van der Waals surface area contributed by atoms with Gasteiger partial charge in [0.25, 0.3) is 0 Å². The van der Waals surface area contributed by atoms with Gasteiger partial charge in [0.2, 0.25) is 0 Å². The number of hydrogen-bond acceptors (Lipinski definition) is 4. The Balaban J connectivity index is 2.29. The minimum Gasteiger partial charge on any atom is -0.417 e. The molecule has 0 aliphatic heterocycles. The smallest absolute Gasteiger partial charge is 0.399 e. The second-order valence-corrected chi connectivity index (χ2v) is 4.17. The van der Waals surface area contributed by atoms with Gasteiger partial charge in [-0.3, -0.25) is 0 Å². The normalized spacial score (nSPS) is 10.6. The fourth-order valence-corrected chi connectivity index (χ4v) is 1.88. The Bertz CT molecular complexity index is 513. The third kappa shape index (κ3) is 2.60. The number of halogens is 1. The molecule has 0 aliphatic rings. The lowest BCUT2D eigenvalue weighted by Crippen LogP contribution is -1.92. The highest BCUT2D eigenvalue weighted by Crippen LogP contribution is 2.30. The molecule has 0 atom stereocenters. The summed E-state index contributed by atoms with van der Waals surface area (Å²) >= 11 is 5.92. The van der Waals surface area contributed by atoms with Crippen molar-refractivity contribution >= 4 is 11.6 Å². The summed E-state index contributed by atoms with van der Waals surface area (Å²) in [7, 11) is 0. The zero-order chi connectivity index (χ0) is 12.4. The molecule has 0 spiro atoms. The molecule has 4 nitrogen and oxygen atoms in total. The molecule has 17 heavy (non-hydrogen) atoms. The van der Waals surface area contributed by atoms with Gasteiger partial charge < -0.3 is 14.3 Å². The fraction of sp³-hybridized carbons (Fsp3) is 0.250. The van der Waals surface area contributed by atoms with Gasteiger partial charge in [0.15, 0.2) is 0 Å². The van der Waals surface area contributed by atoms with E-state index in [4.69, 9.17) is 25.9 Å². The van der Waals surface area contributed by atoms with Gasteiger partial charge in [0, 0.05) is 5.02 Å². The molecule has 0 saturated carbocycles. The van der Waals surface area contributed by atoms with Crippen molar-refractivity contribution in [3.8, 4) is 11.8 Å². The van der Waals surface area contributed by atoms with E-state index in [1.807, 2.05) is 13.8 Å². The van der Waals surface area contributed by atoms with Crippen LogP contribution in [-0.2, 0) is 6.61 Å². The zero-order valence-corrected chi connectivity index (χ0v) is 10.3. The van der Waals surface area contributed by atoms with E-state index in [9.17, 15) is 0 Å². The van der Waals surface area contributed by atoms with Crippen LogP contribution in [-0.4, -0.2) is 10.1 Å². The highest BCUT2D eigenvalue weighted by Gasteiger charge is 2.11. The van der Waals surface area contributed by atoms with Crippen molar-refractivity contribution in [3.63, 3.8) is 0 Å². The van der Waals surface area contributed by atoms with Crippen LogP contribution in [0.25, 0.3) is 0 Å². The average molecular weight is 254 g/mol. The molecule has 1 aromatic carbocycles. The van der Waals surface area contributed by atoms with Crippen molar-refractivity contribution in [2.75, 3.05) is 0 Å². The maximum absolute atomic E-state index is 8.87. The monoisotopic (exact) mass is 253 g/mol. The predicted octanol–water partition coefficient (Wildman–Crippen LogP) is 3.23. The van der Waals surface area contributed by atoms with Crippen LogP contribution in [0.2, 0.25) is 5.02 Å². The van der Waals surface area contributed by atoms with Crippen molar-refractivity contribution in [1.29, 1.82) is 0 Å². The first kappa shape index (κ1) is 12.0. The zero-order valence-electron chi connectivity index (χ0n) is 9.53. The first-order valence-electron chi connectivity index (χ1n) is 5.10. The first-order valence-corrected chi connectivity index (χ1v) is 5.48. The highest BCUT2D eigenvalue weighted by molar-refractivity contribution is 6.30. The number of aromatic nitrogens is 1. The molecule has 0 radical (unpaired) electrons. The topological polar surface area (TPSA) is 55.5 Å². The van der Waals surface area contributed by atoms with Gasteiger partial charge in [-0.1, -0.05) is 11.6 Å². The number of oxazole rings is 1. The number of hydrogen-bond donors (Lipinski definition) is 1. The van der Waals surface area contributed by atoms with Crippen LogP contribution >= 0.6 is 11.6 Å². The minimum absolute atomic E-state index is 0.113. The van der Waals surface area contributed by atoms with Gasteiger partial charge in [-0.15, -0.1) is 0 Å². The number of aliphatic hydroxyl groups excluding tert-OH is 1. The van der Waals surface area contributed by atoms with Crippen LogP contribution in [0.1, 0.15) is 16.8 Å². The van der Waals surface area contributed by atoms with Crippen LogP contribution in [0.3, 0.4) is 0 Å². The lowest BCUT2D eigenvalue weighted by molar-refractivity contribution is 0.276. The van der Waals surface area contributed by atoms with Crippen molar-refractivity contribution in [2.45, 2.75) is 20.5 Å². The fourth-order valence-electron chi connectivity index (χ4n) is 1.55. The third-order valence-corrected chi connectivity index (χ3v) is 2.53. The second kappa shape index (κ2) is 4.77. The lowest BCUT2D eigenvalue weighted by Gasteiger charge is -2.08. The number of aryl methyl sites for hydroxylation is 2. The molecule has 2 aromatic rings. The molecule has 0 bridgehead atoms. The summed E-state index contributed by atoms with van der Waals surface area (Å²) in [5.74, 6) is 0.667. The quantitative estimate of drug-likeness (QED) is 0.912. The number of ether oxygens (including phenoxy) is 1. The molecule has 2 rings (SSSR count). The van der Waals surface area contributed by atoms with Gasteiger partial charge in [-0.05, 0) is 37.1 Å². The molecule has 0 amide bonds. The summed E-state index contributed by atoms with van der Waals surface area (Å²) in [6.07, 6.45) is 1.47. The maximum Gasteiger partial charge on any atom is 0.399 e. The Labute approximate surface area is 104 Å². The Morgan fingerprint density at radius 2 is 2.00 bits per heavy atom. The Kier molecular flexibility index (Phi) is 3.36. The predicted molar refractivity (Wildman–Crippen MR) is 63.4 cm³/mol. The number of nitrogens with zero attached hydrogens (tertiary/aromatic N) is 1. The molecule has 1 heterocycles. The van der Waals surface area contributed by atoms with Crippen LogP contribution in [0.4, 0.5) is 0 Å². The van der Waals surface area contributed by atoms with Crippen molar-refractivity contribution in [1.82, 2.24) is 4.98 Å². The summed E-state index contributed by atoms with van der Waals surface area (Å²) < 4.78 is 10.6. The van der Waals surface area contributed by atoms with Crippen LogP contribution in [0, 0.1) is 13.8 Å². The maximum atomic E-state index is 8.87. The van der Waals surface area contributed by atoms with E-state index in [-0.39, 0.29) is 12.7 Å². The van der Waals surface area contributed by atoms with E-state index < -0.39 is 0 Å². The average Bonchev–Trinajstić information content (AvgIpc) is 2.71. The minimum atomic E-state index is -0.175. The molecular formula is C12H12ClNO3. The SMILES string of the molecule is Cc1cc(Cl)cc(C)c1Oc1nc(CO)co1. The molecule has 0 unspecified atom stereocenters. The first-order chi connectivity index (χ1) is 8.10. The standard InChI is InChI=1S/C12H12ClNO3/c1-7-3-9(13)4-8(2)11(7)17-12-14-10(5-15)6-16-12/h3-4,6,15H,5H2,1-2H3. The Hall–Kier alpha value is -1.52. The summed E-state index contributed by atoms with van der Waals surface area (Å²) in [6, 6.07) is 3.61. The highest BCUT2D eigenvalue weighted by atomic mass is 35.5. The second-order valence-electron chi connectivity index (χ2n) is 3.73. The van der Waals surface area contributed by atoms with Crippen molar-refractivity contribution < 1.29 is 14.3 Å². The largest absolute Gasteiger partial charge is 0.417 e. The molecular weight excluding hydrogens is 242 g/mol. The van der Waals surface area contributed by atoms with E-state index in [0.29, 0.717) is 16.5 Å². The molecule has 1 aromatic heterocycles. The van der Waals surface area contributed by atoms with Crippen LogP contribution < -0.4 is 4.74 Å². The number of rotatable bonds is 3. The van der Waals surface area contributed by atoms with E-state index >= 15 is 0 Å². The van der Waals surface area contributed by atoms with E-state index in [1.54, 1.807) is 12.1 Å². The molecule has 0 aliphatic carbocycles. The van der Waals surface area contributed by atoms with E-state index in [1.165, 1.54) is 6.26 Å². The van der Waals surface area contributed by atoms with Crippen molar-refractivity contribution in [2.24, 2.45) is 0 Å². The van der Waals surface area contributed by atoms with Crippen molar-refractivity contribution in [3.05, 3.63) is 40.2 Å².